The molecule has 4 heteroatoms. The van der Waals surface area contributed by atoms with Crippen molar-refractivity contribution in [2.75, 3.05) is 19.7 Å². The van der Waals surface area contributed by atoms with Crippen LogP contribution >= 0.6 is 0 Å². The van der Waals surface area contributed by atoms with E-state index in [0.717, 1.165) is 24.8 Å². The quantitative estimate of drug-likeness (QED) is 0.658. The lowest BCUT2D eigenvalue weighted by molar-refractivity contribution is -0.0352. The van der Waals surface area contributed by atoms with Crippen LogP contribution in [-0.2, 0) is 11.3 Å². The van der Waals surface area contributed by atoms with Crippen LogP contribution in [-0.4, -0.2) is 41.6 Å². The smallest absolute Gasteiger partial charge is 0.0897 e. The molecule has 1 aliphatic carbocycles. The van der Waals surface area contributed by atoms with Gasteiger partial charge in [0.2, 0.25) is 0 Å². The monoisotopic (exact) mass is 265 g/mol. The van der Waals surface area contributed by atoms with Gasteiger partial charge in [-0.05, 0) is 24.8 Å². The molecule has 1 saturated carbocycles. The lowest BCUT2D eigenvalue weighted by Crippen LogP contribution is -2.48. The molecule has 1 atom stereocenters. The number of hydrogen-bond donors (Lipinski definition) is 3. The minimum absolute atomic E-state index is 0.306. The highest BCUT2D eigenvalue weighted by Gasteiger charge is 2.33. The lowest BCUT2D eigenvalue weighted by atomic mass is 9.80. The van der Waals surface area contributed by atoms with Gasteiger partial charge in [0.05, 0.1) is 24.9 Å². The Hall–Kier alpha value is -0.940. The number of aliphatic hydroxyl groups is 2. The third kappa shape index (κ3) is 4.91. The van der Waals surface area contributed by atoms with E-state index >= 15 is 0 Å². The van der Waals surface area contributed by atoms with Crippen molar-refractivity contribution in [2.45, 2.75) is 37.6 Å². The molecule has 0 heterocycles. The summed E-state index contributed by atoms with van der Waals surface area (Å²) in [6.45, 7) is 1.84. The van der Waals surface area contributed by atoms with Crippen molar-refractivity contribution >= 4 is 0 Å². The molecular weight excluding hydrogens is 242 g/mol. The zero-order valence-electron chi connectivity index (χ0n) is 11.2. The Bertz CT molecular complexity index is 365. The second-order valence-corrected chi connectivity index (χ2v) is 5.36. The van der Waals surface area contributed by atoms with Gasteiger partial charge in [0.25, 0.3) is 0 Å². The largest absolute Gasteiger partial charge is 0.389 e. The zero-order valence-corrected chi connectivity index (χ0v) is 11.2. The van der Waals surface area contributed by atoms with Gasteiger partial charge in [0.1, 0.15) is 0 Å². The number of nitrogens with one attached hydrogen (secondary N) is 1. The number of benzene rings is 1. The Morgan fingerprint density at radius 1 is 1.26 bits per heavy atom. The topological polar surface area (TPSA) is 61.7 Å². The minimum atomic E-state index is -0.537. The van der Waals surface area contributed by atoms with Crippen LogP contribution in [0, 0.1) is 0 Å². The first-order valence-electron chi connectivity index (χ1n) is 6.91. The summed E-state index contributed by atoms with van der Waals surface area (Å²) in [5, 5.41) is 22.7. The highest BCUT2D eigenvalue weighted by molar-refractivity contribution is 5.13. The van der Waals surface area contributed by atoms with Crippen LogP contribution in [0.2, 0.25) is 0 Å². The predicted molar refractivity (Wildman–Crippen MR) is 73.8 cm³/mol. The van der Waals surface area contributed by atoms with E-state index in [2.05, 4.69) is 5.32 Å². The maximum absolute atomic E-state index is 9.87. The first-order valence-corrected chi connectivity index (χ1v) is 6.91. The highest BCUT2D eigenvalue weighted by Crippen LogP contribution is 2.30. The molecule has 106 valence electrons. The summed E-state index contributed by atoms with van der Waals surface area (Å²) >= 11 is 0. The molecular formula is C15H23NO3. The van der Waals surface area contributed by atoms with Crippen LogP contribution in [0.3, 0.4) is 0 Å². The Morgan fingerprint density at radius 2 is 2.00 bits per heavy atom. The van der Waals surface area contributed by atoms with Gasteiger partial charge in [-0.2, -0.15) is 0 Å². The molecule has 2 rings (SSSR count). The van der Waals surface area contributed by atoms with Gasteiger partial charge in [-0.25, -0.2) is 0 Å². The fourth-order valence-electron chi connectivity index (χ4n) is 2.18. The Kier molecular flexibility index (Phi) is 5.34. The molecule has 1 fully saturated rings. The molecule has 1 unspecified atom stereocenters. The average Bonchev–Trinajstić information content (AvgIpc) is 2.38. The summed E-state index contributed by atoms with van der Waals surface area (Å²) in [5.74, 6) is 0. The Labute approximate surface area is 114 Å². The van der Waals surface area contributed by atoms with Crippen LogP contribution in [0.4, 0.5) is 0 Å². The van der Waals surface area contributed by atoms with Crippen molar-refractivity contribution in [3.63, 3.8) is 0 Å². The summed E-state index contributed by atoms with van der Waals surface area (Å²) < 4.78 is 5.45. The maximum atomic E-state index is 9.87. The van der Waals surface area contributed by atoms with Crippen molar-refractivity contribution in [3.05, 3.63) is 35.9 Å². The summed E-state index contributed by atoms with van der Waals surface area (Å²) in [5.41, 5.74) is 0.566. The second kappa shape index (κ2) is 7.01. The van der Waals surface area contributed by atoms with Crippen molar-refractivity contribution in [1.29, 1.82) is 0 Å². The molecule has 0 aliphatic heterocycles. The number of ether oxygens (including phenoxy) is 1. The van der Waals surface area contributed by atoms with Crippen LogP contribution in [0.15, 0.2) is 30.3 Å². The van der Waals surface area contributed by atoms with Crippen molar-refractivity contribution in [1.82, 2.24) is 5.32 Å². The standard InChI is InChI=1S/C15H23NO3/c17-14(9-16-12-15(18)7-4-8-15)11-19-10-13-5-2-1-3-6-13/h1-3,5-6,14,16-18H,4,7-12H2. The van der Waals surface area contributed by atoms with Gasteiger partial charge in [0, 0.05) is 13.1 Å². The van der Waals surface area contributed by atoms with E-state index in [1.165, 1.54) is 0 Å². The van der Waals surface area contributed by atoms with Gasteiger partial charge < -0.3 is 20.3 Å². The average molecular weight is 265 g/mol. The molecule has 4 nitrogen and oxygen atoms in total. The maximum Gasteiger partial charge on any atom is 0.0897 e. The fourth-order valence-corrected chi connectivity index (χ4v) is 2.18. The third-order valence-corrected chi connectivity index (χ3v) is 3.54. The van der Waals surface area contributed by atoms with Gasteiger partial charge in [-0.3, -0.25) is 0 Å². The van der Waals surface area contributed by atoms with Crippen molar-refractivity contribution in [2.24, 2.45) is 0 Å². The summed E-state index contributed by atoms with van der Waals surface area (Å²) in [4.78, 5) is 0. The lowest BCUT2D eigenvalue weighted by Gasteiger charge is -2.36. The summed E-state index contributed by atoms with van der Waals surface area (Å²) in [6, 6.07) is 9.90. The van der Waals surface area contributed by atoms with E-state index in [1.807, 2.05) is 30.3 Å². The van der Waals surface area contributed by atoms with Gasteiger partial charge >= 0.3 is 0 Å². The normalized spacial score (nSPS) is 18.8. The van der Waals surface area contributed by atoms with Crippen LogP contribution in [0.25, 0.3) is 0 Å². The van der Waals surface area contributed by atoms with E-state index < -0.39 is 11.7 Å². The minimum Gasteiger partial charge on any atom is -0.389 e. The van der Waals surface area contributed by atoms with E-state index in [4.69, 9.17) is 4.74 Å². The van der Waals surface area contributed by atoms with Gasteiger partial charge in [-0.1, -0.05) is 30.3 Å². The highest BCUT2D eigenvalue weighted by atomic mass is 16.5. The molecule has 0 aromatic heterocycles. The first-order chi connectivity index (χ1) is 9.18. The third-order valence-electron chi connectivity index (χ3n) is 3.54. The number of rotatable bonds is 8. The molecule has 1 aromatic carbocycles. The predicted octanol–water partition coefficient (Wildman–Crippen LogP) is 1.07. The number of hydrogen-bond acceptors (Lipinski definition) is 4. The van der Waals surface area contributed by atoms with Crippen LogP contribution < -0.4 is 5.32 Å². The van der Waals surface area contributed by atoms with Crippen LogP contribution in [0.5, 0.6) is 0 Å². The SMILES string of the molecule is OC(CNCC1(O)CCC1)COCc1ccccc1. The molecule has 0 spiro atoms. The molecule has 3 N–H and O–H groups in total. The first kappa shape index (κ1) is 14.5. The zero-order chi connectivity index (χ0) is 13.6. The second-order valence-electron chi connectivity index (χ2n) is 5.36. The Morgan fingerprint density at radius 3 is 2.63 bits per heavy atom. The molecule has 19 heavy (non-hydrogen) atoms. The van der Waals surface area contributed by atoms with Crippen molar-refractivity contribution < 1.29 is 14.9 Å². The number of aliphatic hydroxyl groups excluding tert-OH is 1. The van der Waals surface area contributed by atoms with Crippen LogP contribution in [0.1, 0.15) is 24.8 Å². The van der Waals surface area contributed by atoms with Gasteiger partial charge in [-0.15, -0.1) is 0 Å². The van der Waals surface area contributed by atoms with Gasteiger partial charge in [0.15, 0.2) is 0 Å². The molecule has 0 bridgehead atoms. The van der Waals surface area contributed by atoms with E-state index in [-0.39, 0.29) is 0 Å². The summed E-state index contributed by atoms with van der Waals surface area (Å²) in [6.07, 6.45) is 2.29. The van der Waals surface area contributed by atoms with E-state index in [9.17, 15) is 10.2 Å². The van der Waals surface area contributed by atoms with E-state index in [1.54, 1.807) is 0 Å². The molecule has 0 saturated heterocycles. The Balaban J connectivity index is 1.53. The molecule has 1 aliphatic rings. The van der Waals surface area contributed by atoms with Crippen molar-refractivity contribution in [3.8, 4) is 0 Å². The molecule has 0 amide bonds. The molecule has 0 radical (unpaired) electrons. The summed E-state index contributed by atoms with van der Waals surface area (Å²) in [7, 11) is 0. The fraction of sp³-hybridized carbons (Fsp3) is 0.600. The van der Waals surface area contributed by atoms with E-state index in [0.29, 0.717) is 26.3 Å². The molecule has 1 aromatic rings.